The quantitative estimate of drug-likeness (QED) is 0.733. The molecule has 1 aliphatic carbocycles. The smallest absolute Gasteiger partial charge is 0.222 e. The van der Waals surface area contributed by atoms with Gasteiger partial charge in [-0.25, -0.2) is 12.7 Å². The molecule has 0 bridgehead atoms. The van der Waals surface area contributed by atoms with Crippen molar-refractivity contribution in [2.75, 3.05) is 52.1 Å². The Morgan fingerprint density at radius 2 is 1.52 bits per heavy atom. The molecule has 0 atom stereocenters. The highest BCUT2D eigenvalue weighted by molar-refractivity contribution is 7.89. The van der Waals surface area contributed by atoms with Crippen molar-refractivity contribution in [3.05, 3.63) is 0 Å². The summed E-state index contributed by atoms with van der Waals surface area (Å²) in [5.41, 5.74) is 0. The Morgan fingerprint density at radius 1 is 0.913 bits per heavy atom. The lowest BCUT2D eigenvalue weighted by Gasteiger charge is -2.35. The monoisotopic (exact) mass is 343 g/mol. The van der Waals surface area contributed by atoms with Crippen molar-refractivity contribution < 1.29 is 13.2 Å². The van der Waals surface area contributed by atoms with Crippen LogP contribution in [-0.2, 0) is 14.8 Å². The Morgan fingerprint density at radius 3 is 2.09 bits per heavy atom. The number of piperidine rings is 1. The maximum atomic E-state index is 12.4. The van der Waals surface area contributed by atoms with Crippen LogP contribution in [0.5, 0.6) is 0 Å². The normalized spacial score (nSPS) is 25.7. The topological polar surface area (TPSA) is 60.9 Å². The number of rotatable bonds is 5. The van der Waals surface area contributed by atoms with Crippen LogP contribution in [0.2, 0.25) is 0 Å². The number of amides is 1. The average Bonchev–Trinajstić information content (AvgIpc) is 3.31. The molecule has 3 aliphatic rings. The molecule has 7 heteroatoms. The molecule has 3 fully saturated rings. The largest absolute Gasteiger partial charge is 0.340 e. The SMILES string of the molecule is CN1CCN(C(=O)CC2CCN(S(=O)(=O)CC3CC3)CC2)CC1. The fourth-order valence-electron chi connectivity index (χ4n) is 3.51. The number of sulfonamides is 1. The Balaban J connectivity index is 1.42. The number of carbonyl (C=O) groups excluding carboxylic acids is 1. The summed E-state index contributed by atoms with van der Waals surface area (Å²) < 4.78 is 26.2. The van der Waals surface area contributed by atoms with E-state index in [1.165, 1.54) is 0 Å². The van der Waals surface area contributed by atoms with E-state index in [0.29, 0.717) is 37.1 Å². The van der Waals surface area contributed by atoms with E-state index in [1.807, 2.05) is 4.90 Å². The lowest BCUT2D eigenvalue weighted by molar-refractivity contribution is -0.134. The Hall–Kier alpha value is -0.660. The summed E-state index contributed by atoms with van der Waals surface area (Å²) in [4.78, 5) is 16.6. The molecular formula is C16H29N3O3S. The van der Waals surface area contributed by atoms with Crippen LogP contribution in [0.4, 0.5) is 0 Å². The van der Waals surface area contributed by atoms with Gasteiger partial charge < -0.3 is 9.80 Å². The lowest BCUT2D eigenvalue weighted by atomic mass is 9.94. The van der Waals surface area contributed by atoms with Crippen molar-refractivity contribution >= 4 is 15.9 Å². The molecule has 0 N–H and O–H groups in total. The third-order valence-corrected chi connectivity index (χ3v) is 7.47. The molecule has 2 saturated heterocycles. The van der Waals surface area contributed by atoms with E-state index in [0.717, 1.165) is 51.9 Å². The highest BCUT2D eigenvalue weighted by atomic mass is 32.2. The van der Waals surface area contributed by atoms with Gasteiger partial charge in [-0.1, -0.05) is 0 Å². The van der Waals surface area contributed by atoms with Crippen molar-refractivity contribution in [3.63, 3.8) is 0 Å². The standard InChI is InChI=1S/C16H29N3O3S/c1-17-8-10-18(11-9-17)16(20)12-14-4-6-19(7-5-14)23(21,22)13-15-2-3-15/h14-15H,2-13H2,1H3. The number of piperazine rings is 1. The van der Waals surface area contributed by atoms with E-state index >= 15 is 0 Å². The molecule has 6 nitrogen and oxygen atoms in total. The summed E-state index contributed by atoms with van der Waals surface area (Å²) in [6, 6.07) is 0. The first-order chi connectivity index (χ1) is 10.9. The van der Waals surface area contributed by atoms with Gasteiger partial charge in [0, 0.05) is 45.7 Å². The Labute approximate surface area is 139 Å². The molecule has 2 heterocycles. The second-order valence-corrected chi connectivity index (χ2v) is 9.47. The minimum atomic E-state index is -3.07. The van der Waals surface area contributed by atoms with Gasteiger partial charge in [0.05, 0.1) is 5.75 Å². The van der Waals surface area contributed by atoms with Crippen LogP contribution in [0, 0.1) is 11.8 Å². The van der Waals surface area contributed by atoms with Gasteiger partial charge in [-0.05, 0) is 44.6 Å². The van der Waals surface area contributed by atoms with Crippen molar-refractivity contribution in [1.29, 1.82) is 0 Å². The summed E-state index contributed by atoms with van der Waals surface area (Å²) in [5.74, 6) is 1.32. The molecule has 3 rings (SSSR count). The fourth-order valence-corrected chi connectivity index (χ4v) is 5.42. The predicted molar refractivity (Wildman–Crippen MR) is 89.5 cm³/mol. The molecule has 132 valence electrons. The molecule has 0 radical (unpaired) electrons. The molecular weight excluding hydrogens is 314 g/mol. The molecule has 0 spiro atoms. The second-order valence-electron chi connectivity index (χ2n) is 7.45. The summed E-state index contributed by atoms with van der Waals surface area (Å²) >= 11 is 0. The summed E-state index contributed by atoms with van der Waals surface area (Å²) in [6.45, 7) is 4.73. The van der Waals surface area contributed by atoms with Crippen LogP contribution < -0.4 is 0 Å². The van der Waals surface area contributed by atoms with Crippen molar-refractivity contribution in [3.8, 4) is 0 Å². The van der Waals surface area contributed by atoms with Crippen molar-refractivity contribution in [2.45, 2.75) is 32.1 Å². The summed E-state index contributed by atoms with van der Waals surface area (Å²) in [6.07, 6.45) is 4.36. The zero-order valence-electron chi connectivity index (χ0n) is 14.1. The number of hydrogen-bond donors (Lipinski definition) is 0. The van der Waals surface area contributed by atoms with Crippen LogP contribution in [0.15, 0.2) is 0 Å². The summed E-state index contributed by atoms with van der Waals surface area (Å²) in [5, 5.41) is 0. The third kappa shape index (κ3) is 4.67. The molecule has 1 amide bonds. The molecule has 0 aromatic rings. The van der Waals surface area contributed by atoms with Gasteiger partial charge in [0.15, 0.2) is 0 Å². The van der Waals surface area contributed by atoms with Gasteiger partial charge in [0.25, 0.3) is 0 Å². The van der Waals surface area contributed by atoms with Crippen LogP contribution in [0.25, 0.3) is 0 Å². The van der Waals surface area contributed by atoms with E-state index in [4.69, 9.17) is 0 Å². The van der Waals surface area contributed by atoms with E-state index in [2.05, 4.69) is 11.9 Å². The first-order valence-electron chi connectivity index (χ1n) is 8.88. The van der Waals surface area contributed by atoms with Gasteiger partial charge in [0.2, 0.25) is 15.9 Å². The first kappa shape index (κ1) is 17.2. The third-order valence-electron chi connectivity index (χ3n) is 5.43. The van der Waals surface area contributed by atoms with Gasteiger partial charge in [0.1, 0.15) is 0 Å². The maximum absolute atomic E-state index is 12.4. The highest BCUT2D eigenvalue weighted by Crippen LogP contribution is 2.32. The van der Waals surface area contributed by atoms with Gasteiger partial charge >= 0.3 is 0 Å². The molecule has 1 saturated carbocycles. The number of carbonyl (C=O) groups is 1. The van der Waals surface area contributed by atoms with Crippen LogP contribution >= 0.6 is 0 Å². The summed E-state index contributed by atoms with van der Waals surface area (Å²) in [7, 11) is -0.983. The van der Waals surface area contributed by atoms with E-state index in [9.17, 15) is 13.2 Å². The van der Waals surface area contributed by atoms with Crippen molar-refractivity contribution in [1.82, 2.24) is 14.1 Å². The van der Waals surface area contributed by atoms with Crippen LogP contribution in [-0.4, -0.2) is 80.5 Å². The Bertz CT molecular complexity index is 517. The van der Waals surface area contributed by atoms with Crippen LogP contribution in [0.1, 0.15) is 32.1 Å². The van der Waals surface area contributed by atoms with Gasteiger partial charge in [-0.3, -0.25) is 4.79 Å². The zero-order chi connectivity index (χ0) is 16.4. The molecule has 0 aromatic carbocycles. The fraction of sp³-hybridized carbons (Fsp3) is 0.938. The van der Waals surface area contributed by atoms with E-state index < -0.39 is 10.0 Å². The highest BCUT2D eigenvalue weighted by Gasteiger charge is 2.34. The zero-order valence-corrected chi connectivity index (χ0v) is 14.9. The predicted octanol–water partition coefficient (Wildman–Crippen LogP) is 0.602. The van der Waals surface area contributed by atoms with Crippen molar-refractivity contribution in [2.24, 2.45) is 11.8 Å². The van der Waals surface area contributed by atoms with Gasteiger partial charge in [-0.2, -0.15) is 0 Å². The molecule has 23 heavy (non-hydrogen) atoms. The molecule has 0 unspecified atom stereocenters. The maximum Gasteiger partial charge on any atom is 0.222 e. The minimum Gasteiger partial charge on any atom is -0.340 e. The number of likely N-dealkylation sites (N-methyl/N-ethyl adjacent to an activating group) is 1. The minimum absolute atomic E-state index is 0.248. The number of hydrogen-bond acceptors (Lipinski definition) is 4. The van der Waals surface area contributed by atoms with E-state index in [-0.39, 0.29) is 5.91 Å². The molecule has 2 aliphatic heterocycles. The number of nitrogens with zero attached hydrogens (tertiary/aromatic N) is 3. The van der Waals surface area contributed by atoms with E-state index in [1.54, 1.807) is 4.31 Å². The van der Waals surface area contributed by atoms with Crippen LogP contribution in [0.3, 0.4) is 0 Å². The molecule has 0 aromatic heterocycles. The van der Waals surface area contributed by atoms with Gasteiger partial charge in [-0.15, -0.1) is 0 Å². The first-order valence-corrected chi connectivity index (χ1v) is 10.5. The second kappa shape index (κ2) is 7.07. The average molecular weight is 343 g/mol. The lowest BCUT2D eigenvalue weighted by Crippen LogP contribution is -2.48. The Kier molecular flexibility index (Phi) is 5.28.